The summed E-state index contributed by atoms with van der Waals surface area (Å²) in [7, 11) is 1.67. The smallest absolute Gasteiger partial charge is 0.173 e. The van der Waals surface area contributed by atoms with E-state index < -0.39 is 0 Å². The van der Waals surface area contributed by atoms with Crippen molar-refractivity contribution in [3.05, 3.63) is 17.0 Å². The maximum atomic E-state index is 9.63. The van der Waals surface area contributed by atoms with Crippen LogP contribution in [0, 0.1) is 0 Å². The zero-order valence-corrected chi connectivity index (χ0v) is 8.30. The molecule has 2 rings (SSSR count). The van der Waals surface area contributed by atoms with Gasteiger partial charge in [0.2, 0.25) is 0 Å². The van der Waals surface area contributed by atoms with Crippen LogP contribution in [0.15, 0.2) is 12.1 Å². The van der Waals surface area contributed by atoms with Crippen molar-refractivity contribution >= 4 is 11.3 Å². The van der Waals surface area contributed by atoms with Crippen LogP contribution in [0.3, 0.4) is 0 Å². The van der Waals surface area contributed by atoms with Gasteiger partial charge in [-0.1, -0.05) is 0 Å². The second-order valence-electron chi connectivity index (χ2n) is 3.19. The zero-order chi connectivity index (χ0) is 9.26. The molecule has 2 atom stereocenters. The number of rotatable bonds is 2. The van der Waals surface area contributed by atoms with Gasteiger partial charge in [-0.2, -0.15) is 0 Å². The summed E-state index contributed by atoms with van der Waals surface area (Å²) in [5.74, 6) is 0.244. The average molecular weight is 199 g/mol. The summed E-state index contributed by atoms with van der Waals surface area (Å²) in [5, 5.41) is 13.7. The fourth-order valence-corrected chi connectivity index (χ4v) is 2.58. The molecule has 1 aliphatic heterocycles. The van der Waals surface area contributed by atoms with Crippen LogP contribution in [0.4, 0.5) is 0 Å². The van der Waals surface area contributed by atoms with Crippen molar-refractivity contribution in [1.82, 2.24) is 5.32 Å². The molecule has 0 radical (unpaired) electrons. The third-order valence-corrected chi connectivity index (χ3v) is 3.53. The molecule has 4 heteroatoms. The number of nitrogens with one attached hydrogen (secondary N) is 1. The Morgan fingerprint density at radius 2 is 2.38 bits per heavy atom. The molecular weight excluding hydrogens is 186 g/mol. The predicted molar refractivity (Wildman–Crippen MR) is 52.5 cm³/mol. The number of aliphatic hydroxyl groups is 1. The van der Waals surface area contributed by atoms with Gasteiger partial charge >= 0.3 is 0 Å². The number of hydrogen-bond donors (Lipinski definition) is 2. The highest BCUT2D eigenvalue weighted by atomic mass is 32.1. The largest absolute Gasteiger partial charge is 0.487 e. The van der Waals surface area contributed by atoms with E-state index in [4.69, 9.17) is 4.74 Å². The van der Waals surface area contributed by atoms with Crippen LogP contribution in [0.2, 0.25) is 0 Å². The van der Waals surface area contributed by atoms with E-state index in [1.807, 2.05) is 12.1 Å². The molecule has 1 aliphatic rings. The van der Waals surface area contributed by atoms with Crippen molar-refractivity contribution in [2.75, 3.05) is 20.2 Å². The highest BCUT2D eigenvalue weighted by molar-refractivity contribution is 7.13. The molecule has 1 aromatic rings. The molecule has 0 amide bonds. The summed E-state index contributed by atoms with van der Waals surface area (Å²) in [6.07, 6.45) is -0.247. The summed E-state index contributed by atoms with van der Waals surface area (Å²) in [4.78, 5) is 1.20. The van der Waals surface area contributed by atoms with Crippen molar-refractivity contribution in [3.63, 3.8) is 0 Å². The van der Waals surface area contributed by atoms with E-state index in [2.05, 4.69) is 5.32 Å². The summed E-state index contributed by atoms with van der Waals surface area (Å²) in [6, 6.07) is 3.98. The molecule has 13 heavy (non-hydrogen) atoms. The predicted octanol–water partition coefficient (Wildman–Crippen LogP) is 0.804. The van der Waals surface area contributed by atoms with Crippen molar-refractivity contribution in [2.45, 2.75) is 12.0 Å². The summed E-state index contributed by atoms with van der Waals surface area (Å²) in [5.41, 5.74) is 0. The number of hydrogen-bond acceptors (Lipinski definition) is 4. The Kier molecular flexibility index (Phi) is 2.53. The number of β-amino-alcohol motifs (C(OH)–C–C–N with tert-alkyl or cyclic N) is 1. The van der Waals surface area contributed by atoms with Gasteiger partial charge < -0.3 is 15.2 Å². The van der Waals surface area contributed by atoms with Crippen LogP contribution in [0.1, 0.15) is 10.8 Å². The summed E-state index contributed by atoms with van der Waals surface area (Å²) < 4.78 is 5.11. The number of methoxy groups -OCH3 is 1. The van der Waals surface area contributed by atoms with Gasteiger partial charge in [0.05, 0.1) is 13.2 Å². The standard InChI is InChI=1S/C9H13NO2S/c1-12-9-3-2-8(13-9)6-4-10-5-7(6)11/h2-3,6-7,10-11H,4-5H2,1H3. The van der Waals surface area contributed by atoms with Crippen molar-refractivity contribution in [2.24, 2.45) is 0 Å². The van der Waals surface area contributed by atoms with Gasteiger partial charge in [0.15, 0.2) is 5.06 Å². The molecule has 2 heterocycles. The Morgan fingerprint density at radius 3 is 2.92 bits per heavy atom. The Labute approximate surface area is 81.3 Å². The van der Waals surface area contributed by atoms with Gasteiger partial charge in [-0.3, -0.25) is 0 Å². The van der Waals surface area contributed by atoms with Gasteiger partial charge in [0, 0.05) is 23.9 Å². The van der Waals surface area contributed by atoms with Gasteiger partial charge in [-0.25, -0.2) is 0 Å². The topological polar surface area (TPSA) is 41.5 Å². The first-order chi connectivity index (χ1) is 6.31. The Morgan fingerprint density at radius 1 is 1.54 bits per heavy atom. The lowest BCUT2D eigenvalue weighted by Crippen LogP contribution is -2.15. The van der Waals surface area contributed by atoms with E-state index in [0.29, 0.717) is 6.54 Å². The first kappa shape index (κ1) is 8.99. The SMILES string of the molecule is COc1ccc(C2CNCC2O)s1. The van der Waals surface area contributed by atoms with Crippen molar-refractivity contribution in [1.29, 1.82) is 0 Å². The minimum atomic E-state index is -0.247. The van der Waals surface area contributed by atoms with Crippen molar-refractivity contribution < 1.29 is 9.84 Å². The summed E-state index contributed by atoms with van der Waals surface area (Å²) >= 11 is 1.61. The summed E-state index contributed by atoms with van der Waals surface area (Å²) in [6.45, 7) is 1.57. The number of ether oxygens (including phenoxy) is 1. The number of aliphatic hydroxyl groups excluding tert-OH is 1. The highest BCUT2D eigenvalue weighted by Gasteiger charge is 2.27. The van der Waals surface area contributed by atoms with Gasteiger partial charge in [-0.15, -0.1) is 11.3 Å². The minimum absolute atomic E-state index is 0.244. The Hall–Kier alpha value is -0.580. The monoisotopic (exact) mass is 199 g/mol. The van der Waals surface area contributed by atoms with E-state index >= 15 is 0 Å². The lowest BCUT2D eigenvalue weighted by molar-refractivity contribution is 0.179. The highest BCUT2D eigenvalue weighted by Crippen LogP contribution is 2.33. The second kappa shape index (κ2) is 3.65. The zero-order valence-electron chi connectivity index (χ0n) is 7.49. The first-order valence-corrected chi connectivity index (χ1v) is 5.15. The molecule has 2 N–H and O–H groups in total. The van der Waals surface area contributed by atoms with Crippen LogP contribution in [0.5, 0.6) is 5.06 Å². The molecule has 0 spiro atoms. The molecule has 3 nitrogen and oxygen atoms in total. The van der Waals surface area contributed by atoms with Crippen molar-refractivity contribution in [3.8, 4) is 5.06 Å². The van der Waals surface area contributed by atoms with Crippen LogP contribution >= 0.6 is 11.3 Å². The second-order valence-corrected chi connectivity index (χ2v) is 4.27. The van der Waals surface area contributed by atoms with E-state index in [-0.39, 0.29) is 12.0 Å². The van der Waals surface area contributed by atoms with Gasteiger partial charge in [-0.05, 0) is 12.1 Å². The molecule has 72 valence electrons. The lowest BCUT2D eigenvalue weighted by Gasteiger charge is -2.09. The normalized spacial score (nSPS) is 27.8. The van der Waals surface area contributed by atoms with E-state index in [1.165, 1.54) is 4.88 Å². The molecule has 1 aromatic heterocycles. The molecule has 0 saturated carbocycles. The maximum absolute atomic E-state index is 9.63. The lowest BCUT2D eigenvalue weighted by atomic mass is 10.1. The molecular formula is C9H13NO2S. The van der Waals surface area contributed by atoms with E-state index in [1.54, 1.807) is 18.4 Å². The number of thiophene rings is 1. The van der Waals surface area contributed by atoms with Gasteiger partial charge in [0.25, 0.3) is 0 Å². The molecule has 1 fully saturated rings. The van der Waals surface area contributed by atoms with E-state index in [9.17, 15) is 5.11 Å². The van der Waals surface area contributed by atoms with E-state index in [0.717, 1.165) is 11.6 Å². The quantitative estimate of drug-likeness (QED) is 0.740. The van der Waals surface area contributed by atoms with Crippen LogP contribution in [-0.4, -0.2) is 31.4 Å². The van der Waals surface area contributed by atoms with Crippen LogP contribution < -0.4 is 10.1 Å². The van der Waals surface area contributed by atoms with Crippen LogP contribution in [-0.2, 0) is 0 Å². The first-order valence-electron chi connectivity index (χ1n) is 4.34. The van der Waals surface area contributed by atoms with Gasteiger partial charge in [0.1, 0.15) is 0 Å². The molecule has 0 bridgehead atoms. The van der Waals surface area contributed by atoms with Crippen LogP contribution in [0.25, 0.3) is 0 Å². The minimum Gasteiger partial charge on any atom is -0.487 e. The third-order valence-electron chi connectivity index (χ3n) is 2.35. The average Bonchev–Trinajstić information content (AvgIpc) is 2.71. The molecule has 0 aliphatic carbocycles. The fourth-order valence-electron chi connectivity index (χ4n) is 1.60. The molecule has 1 saturated heterocycles. The molecule has 2 unspecified atom stereocenters. The maximum Gasteiger partial charge on any atom is 0.173 e. The Bertz CT molecular complexity index is 287. The fraction of sp³-hybridized carbons (Fsp3) is 0.556. The molecule has 0 aromatic carbocycles. The Balaban J connectivity index is 2.15. The third kappa shape index (κ3) is 1.70.